The predicted octanol–water partition coefficient (Wildman–Crippen LogP) is 2.06. The monoisotopic (exact) mass is 184 g/mol. The first-order valence-electron chi connectivity index (χ1n) is 4.01. The van der Waals surface area contributed by atoms with Gasteiger partial charge in [0.15, 0.2) is 11.6 Å². The van der Waals surface area contributed by atoms with E-state index in [9.17, 15) is 9.50 Å². The molecule has 1 N–H and O–H groups in total. The lowest BCUT2D eigenvalue weighted by molar-refractivity contribution is 0.0782. The number of benzene rings is 1. The number of aliphatic hydroxyl groups is 1. The van der Waals surface area contributed by atoms with Gasteiger partial charge in [-0.2, -0.15) is 0 Å². The normalized spacial score (nSPS) is 11.5. The third kappa shape index (κ3) is 2.18. The molecule has 0 radical (unpaired) electrons. The van der Waals surface area contributed by atoms with Crippen LogP contribution in [0, 0.1) is 5.82 Å². The van der Waals surface area contributed by atoms with Crippen LogP contribution in [0.4, 0.5) is 4.39 Å². The van der Waals surface area contributed by atoms with Crippen LogP contribution >= 0.6 is 0 Å². The quantitative estimate of drug-likeness (QED) is 0.762. The molecule has 0 spiro atoms. The van der Waals surface area contributed by atoms with Crippen molar-refractivity contribution < 1.29 is 14.2 Å². The second-order valence-corrected chi connectivity index (χ2v) is 3.41. The van der Waals surface area contributed by atoms with Crippen molar-refractivity contribution in [1.29, 1.82) is 0 Å². The molecule has 0 atom stereocenters. The Morgan fingerprint density at radius 2 is 2.00 bits per heavy atom. The van der Waals surface area contributed by atoms with E-state index in [0.717, 1.165) is 0 Å². The molecule has 1 rings (SSSR count). The summed E-state index contributed by atoms with van der Waals surface area (Å²) in [5.41, 5.74) is -0.341. The predicted molar refractivity (Wildman–Crippen MR) is 48.2 cm³/mol. The van der Waals surface area contributed by atoms with E-state index in [1.165, 1.54) is 25.3 Å². The third-order valence-corrected chi connectivity index (χ3v) is 1.86. The molecule has 1 aromatic carbocycles. The smallest absolute Gasteiger partial charge is 0.165 e. The molecule has 0 aliphatic rings. The van der Waals surface area contributed by atoms with Crippen LogP contribution in [0.15, 0.2) is 18.2 Å². The fourth-order valence-electron chi connectivity index (χ4n) is 1.04. The minimum Gasteiger partial charge on any atom is -0.494 e. The number of methoxy groups -OCH3 is 1. The topological polar surface area (TPSA) is 29.5 Å². The SMILES string of the molecule is COc1cc(C(C)(C)O)ccc1F. The molecule has 0 aliphatic heterocycles. The first-order valence-corrected chi connectivity index (χ1v) is 4.01. The van der Waals surface area contributed by atoms with Crippen LogP contribution < -0.4 is 4.74 Å². The summed E-state index contributed by atoms with van der Waals surface area (Å²) in [4.78, 5) is 0. The standard InChI is InChI=1S/C10H13FO2/c1-10(2,12)7-4-5-8(11)9(6-7)13-3/h4-6,12H,1-3H3. The van der Waals surface area contributed by atoms with Crippen molar-refractivity contribution >= 4 is 0 Å². The van der Waals surface area contributed by atoms with E-state index in [1.807, 2.05) is 0 Å². The van der Waals surface area contributed by atoms with E-state index >= 15 is 0 Å². The Morgan fingerprint density at radius 1 is 1.38 bits per heavy atom. The molecule has 72 valence electrons. The third-order valence-electron chi connectivity index (χ3n) is 1.86. The van der Waals surface area contributed by atoms with Crippen molar-refractivity contribution in [3.8, 4) is 5.75 Å². The first kappa shape index (κ1) is 9.99. The van der Waals surface area contributed by atoms with Gasteiger partial charge in [-0.05, 0) is 31.5 Å². The zero-order valence-corrected chi connectivity index (χ0v) is 7.97. The Hall–Kier alpha value is -1.09. The second kappa shape index (κ2) is 3.34. The van der Waals surface area contributed by atoms with Crippen LogP contribution in [0.3, 0.4) is 0 Å². The van der Waals surface area contributed by atoms with E-state index in [1.54, 1.807) is 13.8 Å². The van der Waals surface area contributed by atoms with Crippen molar-refractivity contribution in [2.24, 2.45) is 0 Å². The summed E-state index contributed by atoms with van der Waals surface area (Å²) in [6.07, 6.45) is 0. The van der Waals surface area contributed by atoms with Gasteiger partial charge in [-0.1, -0.05) is 6.07 Å². The molecule has 0 saturated carbocycles. The van der Waals surface area contributed by atoms with Crippen LogP contribution in [0.2, 0.25) is 0 Å². The van der Waals surface area contributed by atoms with Crippen molar-refractivity contribution in [2.75, 3.05) is 7.11 Å². The van der Waals surface area contributed by atoms with Crippen LogP contribution in [0.5, 0.6) is 5.75 Å². The summed E-state index contributed by atoms with van der Waals surface area (Å²) in [5, 5.41) is 9.62. The van der Waals surface area contributed by atoms with E-state index in [-0.39, 0.29) is 5.75 Å². The lowest BCUT2D eigenvalue weighted by Gasteiger charge is -2.18. The van der Waals surface area contributed by atoms with Gasteiger partial charge in [0.05, 0.1) is 12.7 Å². The molecule has 0 unspecified atom stereocenters. The van der Waals surface area contributed by atoms with Gasteiger partial charge >= 0.3 is 0 Å². The molecule has 1 aromatic rings. The summed E-state index contributed by atoms with van der Waals surface area (Å²) < 4.78 is 17.7. The lowest BCUT2D eigenvalue weighted by atomic mass is 9.98. The van der Waals surface area contributed by atoms with Crippen LogP contribution in [-0.2, 0) is 5.60 Å². The Balaban J connectivity index is 3.14. The largest absolute Gasteiger partial charge is 0.494 e. The highest BCUT2D eigenvalue weighted by atomic mass is 19.1. The maximum Gasteiger partial charge on any atom is 0.165 e. The summed E-state index contributed by atoms with van der Waals surface area (Å²) >= 11 is 0. The summed E-state index contributed by atoms with van der Waals surface area (Å²) in [6, 6.07) is 4.32. The van der Waals surface area contributed by atoms with Crippen molar-refractivity contribution in [1.82, 2.24) is 0 Å². The van der Waals surface area contributed by atoms with E-state index in [0.29, 0.717) is 5.56 Å². The van der Waals surface area contributed by atoms with Crippen LogP contribution in [0.1, 0.15) is 19.4 Å². The van der Waals surface area contributed by atoms with Crippen molar-refractivity contribution in [3.05, 3.63) is 29.6 Å². The maximum atomic E-state index is 13.0. The molecule has 0 aromatic heterocycles. The van der Waals surface area contributed by atoms with E-state index < -0.39 is 11.4 Å². The minimum atomic E-state index is -0.971. The lowest BCUT2D eigenvalue weighted by Crippen LogP contribution is -2.15. The highest BCUT2D eigenvalue weighted by Gasteiger charge is 2.17. The molecule has 0 bridgehead atoms. The Bertz CT molecular complexity index is 302. The molecule has 13 heavy (non-hydrogen) atoms. The molecule has 0 aliphatic carbocycles. The molecule has 3 heteroatoms. The molecule has 0 amide bonds. The molecule has 0 fully saturated rings. The molecule has 2 nitrogen and oxygen atoms in total. The molecular weight excluding hydrogens is 171 g/mol. The van der Waals surface area contributed by atoms with Gasteiger partial charge < -0.3 is 9.84 Å². The zero-order valence-electron chi connectivity index (χ0n) is 7.97. The number of ether oxygens (including phenoxy) is 1. The molecular formula is C10H13FO2. The molecule has 0 saturated heterocycles. The van der Waals surface area contributed by atoms with Gasteiger partial charge in [0, 0.05) is 0 Å². The van der Waals surface area contributed by atoms with E-state index in [4.69, 9.17) is 4.74 Å². The number of hydrogen-bond donors (Lipinski definition) is 1. The number of halogens is 1. The fourth-order valence-corrected chi connectivity index (χ4v) is 1.04. The van der Waals surface area contributed by atoms with Gasteiger partial charge in [-0.15, -0.1) is 0 Å². The zero-order chi connectivity index (χ0) is 10.1. The number of rotatable bonds is 2. The fraction of sp³-hybridized carbons (Fsp3) is 0.400. The average molecular weight is 184 g/mol. The maximum absolute atomic E-state index is 13.0. The minimum absolute atomic E-state index is 0.152. The van der Waals surface area contributed by atoms with Crippen molar-refractivity contribution in [3.63, 3.8) is 0 Å². The number of hydrogen-bond acceptors (Lipinski definition) is 2. The van der Waals surface area contributed by atoms with E-state index in [2.05, 4.69) is 0 Å². The first-order chi connectivity index (χ1) is 5.95. The Kier molecular flexibility index (Phi) is 2.57. The highest BCUT2D eigenvalue weighted by molar-refractivity contribution is 5.32. The summed E-state index contributed by atoms with van der Waals surface area (Å²) in [5.74, 6) is -0.268. The Morgan fingerprint density at radius 3 is 2.46 bits per heavy atom. The van der Waals surface area contributed by atoms with Crippen LogP contribution in [-0.4, -0.2) is 12.2 Å². The van der Waals surface area contributed by atoms with Gasteiger partial charge in [-0.3, -0.25) is 0 Å². The second-order valence-electron chi connectivity index (χ2n) is 3.41. The molecule has 0 heterocycles. The average Bonchev–Trinajstić information content (AvgIpc) is 2.03. The van der Waals surface area contributed by atoms with Gasteiger partial charge in [0.25, 0.3) is 0 Å². The Labute approximate surface area is 77.0 Å². The van der Waals surface area contributed by atoms with Gasteiger partial charge in [-0.25, -0.2) is 4.39 Å². The van der Waals surface area contributed by atoms with Gasteiger partial charge in [0.1, 0.15) is 0 Å². The summed E-state index contributed by atoms with van der Waals surface area (Å²) in [7, 11) is 1.40. The van der Waals surface area contributed by atoms with Crippen molar-refractivity contribution in [2.45, 2.75) is 19.4 Å². The van der Waals surface area contributed by atoms with Crippen LogP contribution in [0.25, 0.3) is 0 Å². The summed E-state index contributed by atoms with van der Waals surface area (Å²) in [6.45, 7) is 3.28. The van der Waals surface area contributed by atoms with Gasteiger partial charge in [0.2, 0.25) is 0 Å². The highest BCUT2D eigenvalue weighted by Crippen LogP contribution is 2.25.